The lowest BCUT2D eigenvalue weighted by Crippen LogP contribution is -2.14. The maximum atomic E-state index is 12.4. The number of nitrogens with zero attached hydrogens (tertiary/aromatic N) is 3. The maximum Gasteiger partial charge on any atom is 0.274 e. The van der Waals surface area contributed by atoms with E-state index >= 15 is 0 Å². The van der Waals surface area contributed by atoms with Crippen molar-refractivity contribution in [3.05, 3.63) is 72.1 Å². The van der Waals surface area contributed by atoms with Crippen molar-refractivity contribution in [2.24, 2.45) is 0 Å². The van der Waals surface area contributed by atoms with Gasteiger partial charge < -0.3 is 16.0 Å². The van der Waals surface area contributed by atoms with Crippen molar-refractivity contribution in [1.82, 2.24) is 9.97 Å². The number of anilines is 4. The van der Waals surface area contributed by atoms with Crippen LogP contribution in [-0.4, -0.2) is 21.8 Å². The minimum Gasteiger partial charge on any atom is -0.326 e. The second-order valence-corrected chi connectivity index (χ2v) is 5.80. The first-order valence-corrected chi connectivity index (χ1v) is 8.33. The first-order valence-electron chi connectivity index (χ1n) is 8.33. The average Bonchev–Trinajstić information content (AvgIpc) is 2.68. The minimum atomic E-state index is -0.401. The van der Waals surface area contributed by atoms with Gasteiger partial charge in [-0.1, -0.05) is 6.07 Å². The normalized spacial score (nSPS) is 9.86. The van der Waals surface area contributed by atoms with Crippen LogP contribution >= 0.6 is 0 Å². The van der Waals surface area contributed by atoms with Gasteiger partial charge in [-0.2, -0.15) is 5.26 Å². The molecule has 3 aromatic rings. The van der Waals surface area contributed by atoms with Crippen LogP contribution in [0.25, 0.3) is 0 Å². The van der Waals surface area contributed by atoms with E-state index in [1.165, 1.54) is 19.2 Å². The number of benzene rings is 2. The molecule has 2 aromatic carbocycles. The van der Waals surface area contributed by atoms with Gasteiger partial charge in [0.05, 0.1) is 11.6 Å². The lowest BCUT2D eigenvalue weighted by atomic mass is 10.2. The summed E-state index contributed by atoms with van der Waals surface area (Å²) in [4.78, 5) is 31.9. The van der Waals surface area contributed by atoms with Crippen LogP contribution in [0, 0.1) is 11.3 Å². The fourth-order valence-electron chi connectivity index (χ4n) is 2.38. The molecule has 8 nitrogen and oxygen atoms in total. The first kappa shape index (κ1) is 18.5. The third kappa shape index (κ3) is 4.89. The number of nitriles is 1. The highest BCUT2D eigenvalue weighted by molar-refractivity contribution is 6.03. The smallest absolute Gasteiger partial charge is 0.274 e. The molecule has 0 unspecified atom stereocenters. The number of aromatic nitrogens is 2. The molecule has 0 saturated carbocycles. The predicted octanol–water partition coefficient (Wildman–Crippen LogP) is 3.30. The van der Waals surface area contributed by atoms with E-state index in [1.807, 2.05) is 6.07 Å². The van der Waals surface area contributed by atoms with Crippen LogP contribution in [0.1, 0.15) is 23.0 Å². The van der Waals surface area contributed by atoms with E-state index in [9.17, 15) is 9.59 Å². The largest absolute Gasteiger partial charge is 0.326 e. The van der Waals surface area contributed by atoms with Crippen molar-refractivity contribution in [1.29, 1.82) is 5.26 Å². The molecular weight excluding hydrogens is 356 g/mol. The van der Waals surface area contributed by atoms with E-state index < -0.39 is 5.91 Å². The second kappa shape index (κ2) is 8.42. The van der Waals surface area contributed by atoms with E-state index in [4.69, 9.17) is 5.26 Å². The molecule has 0 bridgehead atoms. The Kier molecular flexibility index (Phi) is 5.58. The molecule has 2 amide bonds. The zero-order valence-corrected chi connectivity index (χ0v) is 14.9. The number of carbonyl (C=O) groups is 2. The van der Waals surface area contributed by atoms with E-state index in [0.29, 0.717) is 22.6 Å². The number of carbonyl (C=O) groups excluding carboxylic acids is 2. The summed E-state index contributed by atoms with van der Waals surface area (Å²) in [7, 11) is 0. The lowest BCUT2D eigenvalue weighted by Gasteiger charge is -2.09. The Morgan fingerprint density at radius 2 is 1.71 bits per heavy atom. The van der Waals surface area contributed by atoms with Gasteiger partial charge in [-0.05, 0) is 48.5 Å². The van der Waals surface area contributed by atoms with E-state index in [1.54, 1.807) is 48.5 Å². The van der Waals surface area contributed by atoms with Crippen LogP contribution in [0.5, 0.6) is 0 Å². The molecule has 3 N–H and O–H groups in total. The molecule has 0 radical (unpaired) electrons. The van der Waals surface area contributed by atoms with Crippen LogP contribution in [0.15, 0.2) is 60.8 Å². The minimum absolute atomic E-state index is 0.171. The molecule has 0 saturated heterocycles. The van der Waals surface area contributed by atoms with Crippen molar-refractivity contribution < 1.29 is 9.59 Å². The Bertz CT molecular complexity index is 1060. The van der Waals surface area contributed by atoms with Crippen LogP contribution in [0.3, 0.4) is 0 Å². The number of nitrogens with one attached hydrogen (secondary N) is 3. The van der Waals surface area contributed by atoms with Gasteiger partial charge in [-0.3, -0.25) is 9.59 Å². The molecule has 0 atom stereocenters. The highest BCUT2D eigenvalue weighted by Crippen LogP contribution is 2.18. The average molecular weight is 372 g/mol. The first-order chi connectivity index (χ1) is 13.5. The number of amides is 2. The SMILES string of the molecule is CC(=O)Nc1cccc(Nc2nccc(C(=O)Nc3ccc(C#N)cc3)n2)c1. The van der Waals surface area contributed by atoms with Crippen molar-refractivity contribution in [2.75, 3.05) is 16.0 Å². The molecule has 8 heteroatoms. The molecule has 0 aliphatic rings. The van der Waals surface area contributed by atoms with Crippen LogP contribution in [-0.2, 0) is 4.79 Å². The zero-order valence-electron chi connectivity index (χ0n) is 14.9. The highest BCUT2D eigenvalue weighted by atomic mass is 16.2. The van der Waals surface area contributed by atoms with Crippen molar-refractivity contribution in [2.45, 2.75) is 6.92 Å². The maximum absolute atomic E-state index is 12.4. The lowest BCUT2D eigenvalue weighted by molar-refractivity contribution is -0.114. The third-order valence-electron chi connectivity index (χ3n) is 3.60. The monoisotopic (exact) mass is 372 g/mol. The summed E-state index contributed by atoms with van der Waals surface area (Å²) >= 11 is 0. The molecular formula is C20H16N6O2. The van der Waals surface area contributed by atoms with Gasteiger partial charge >= 0.3 is 0 Å². The zero-order chi connectivity index (χ0) is 19.9. The van der Waals surface area contributed by atoms with Gasteiger partial charge in [0, 0.05) is 30.2 Å². The summed E-state index contributed by atoms with van der Waals surface area (Å²) in [5, 5.41) is 17.2. The van der Waals surface area contributed by atoms with Crippen LogP contribution < -0.4 is 16.0 Å². The molecule has 0 spiro atoms. The summed E-state index contributed by atoms with van der Waals surface area (Å²) in [6.45, 7) is 1.43. The van der Waals surface area contributed by atoms with Crippen molar-refractivity contribution >= 4 is 34.8 Å². The Morgan fingerprint density at radius 3 is 2.43 bits per heavy atom. The van der Waals surface area contributed by atoms with Gasteiger partial charge in [-0.25, -0.2) is 9.97 Å². The Balaban J connectivity index is 1.72. The van der Waals surface area contributed by atoms with Gasteiger partial charge in [0.1, 0.15) is 5.69 Å². The summed E-state index contributed by atoms with van der Waals surface area (Å²) in [5.74, 6) is -0.329. The molecule has 28 heavy (non-hydrogen) atoms. The topological polar surface area (TPSA) is 120 Å². The summed E-state index contributed by atoms with van der Waals surface area (Å²) in [6.07, 6.45) is 1.47. The van der Waals surface area contributed by atoms with E-state index in [-0.39, 0.29) is 17.5 Å². The molecule has 138 valence electrons. The Hall–Kier alpha value is -4.25. The number of hydrogen-bond acceptors (Lipinski definition) is 6. The molecule has 1 aromatic heterocycles. The highest BCUT2D eigenvalue weighted by Gasteiger charge is 2.10. The third-order valence-corrected chi connectivity index (χ3v) is 3.60. The van der Waals surface area contributed by atoms with Crippen LogP contribution in [0.2, 0.25) is 0 Å². The predicted molar refractivity (Wildman–Crippen MR) is 105 cm³/mol. The molecule has 1 heterocycles. The van der Waals surface area contributed by atoms with Gasteiger partial charge in [0.25, 0.3) is 5.91 Å². The standard InChI is InChI=1S/C20H16N6O2/c1-13(27)23-16-3-2-4-17(11-16)25-20-22-10-9-18(26-20)19(28)24-15-7-5-14(12-21)6-8-15/h2-11H,1H3,(H,23,27)(H,24,28)(H,22,25,26). The summed E-state index contributed by atoms with van der Waals surface area (Å²) < 4.78 is 0. The molecule has 3 rings (SSSR count). The van der Waals surface area contributed by atoms with Crippen molar-refractivity contribution in [3.8, 4) is 6.07 Å². The van der Waals surface area contributed by atoms with Crippen molar-refractivity contribution in [3.63, 3.8) is 0 Å². The Morgan fingerprint density at radius 1 is 0.964 bits per heavy atom. The van der Waals surface area contributed by atoms with Gasteiger partial charge in [-0.15, -0.1) is 0 Å². The van der Waals surface area contributed by atoms with E-state index in [2.05, 4.69) is 25.9 Å². The number of rotatable bonds is 5. The fourth-order valence-corrected chi connectivity index (χ4v) is 2.38. The summed E-state index contributed by atoms with van der Waals surface area (Å²) in [6, 6.07) is 17.1. The summed E-state index contributed by atoms with van der Waals surface area (Å²) in [5.41, 5.74) is 2.54. The quantitative estimate of drug-likeness (QED) is 0.632. The molecule has 0 aliphatic carbocycles. The fraction of sp³-hybridized carbons (Fsp3) is 0.0500. The Labute approximate surface area is 161 Å². The number of hydrogen-bond donors (Lipinski definition) is 3. The van der Waals surface area contributed by atoms with Gasteiger partial charge in [0.15, 0.2) is 0 Å². The van der Waals surface area contributed by atoms with E-state index in [0.717, 1.165) is 0 Å². The van der Waals surface area contributed by atoms with Crippen LogP contribution in [0.4, 0.5) is 23.0 Å². The molecule has 0 fully saturated rings. The second-order valence-electron chi connectivity index (χ2n) is 5.80. The molecule has 0 aliphatic heterocycles. The van der Waals surface area contributed by atoms with Gasteiger partial charge in [0.2, 0.25) is 11.9 Å².